The van der Waals surface area contributed by atoms with E-state index in [1.165, 1.54) is 0 Å². The Hall–Kier alpha value is -1.25. The van der Waals surface area contributed by atoms with E-state index in [0.717, 1.165) is 37.7 Å². The second kappa shape index (κ2) is 7.64. The van der Waals surface area contributed by atoms with E-state index in [2.05, 4.69) is 6.92 Å². The molecule has 0 aromatic carbocycles. The summed E-state index contributed by atoms with van der Waals surface area (Å²) in [7, 11) is -3.81. The Kier molecular flexibility index (Phi) is 5.70. The lowest BCUT2D eigenvalue weighted by atomic mass is 9.47. The number of nitrogens with zero attached hydrogens (tertiary/aromatic N) is 1. The smallest absolute Gasteiger partial charge is 0.380 e. The molecule has 3 aliphatic carbocycles. The molecule has 182 valence electrons. The number of allylic oxidation sites excluding steroid dienone is 2. The Bertz CT molecular complexity index is 930. The molecule has 0 radical (unpaired) electrons. The monoisotopic (exact) mass is 477 g/mol. The average molecular weight is 478 g/mol. The molecule has 4 aliphatic rings. The summed E-state index contributed by atoms with van der Waals surface area (Å²) >= 11 is 0. The molecule has 9 heteroatoms. The number of carbonyl (C=O) groups excluding carboxylic acids is 1. The van der Waals surface area contributed by atoms with Gasteiger partial charge in [0.25, 0.3) is 0 Å². The summed E-state index contributed by atoms with van der Waals surface area (Å²) in [6.07, 6.45) is 6.44. The molecule has 0 unspecified atom stereocenters. The molecular weight excluding hydrogens is 443 g/mol. The number of rotatable bonds is 4. The highest BCUT2D eigenvalue weighted by atomic mass is 32.2. The second-order valence-corrected chi connectivity index (χ2v) is 12.3. The summed E-state index contributed by atoms with van der Waals surface area (Å²) in [5, 5.41) is 0. The zero-order valence-corrected chi connectivity index (χ0v) is 20.1. The van der Waals surface area contributed by atoms with E-state index in [-0.39, 0.29) is 35.0 Å². The van der Waals surface area contributed by atoms with Crippen LogP contribution in [0.25, 0.3) is 0 Å². The molecule has 2 saturated carbocycles. The SMILES string of the molecule is CCCC1=C(OS(=O)(=O)C(F)(F)F)[C@@]2(C)CC[C@H]3[C@@H](CC[C@H]4N(C)C(=O)CC[C@]34C)[C@@H]2C1. The van der Waals surface area contributed by atoms with Crippen LogP contribution >= 0.6 is 0 Å². The van der Waals surface area contributed by atoms with E-state index in [1.54, 1.807) is 0 Å². The van der Waals surface area contributed by atoms with Crippen LogP contribution in [0.4, 0.5) is 13.2 Å². The van der Waals surface area contributed by atoms with Gasteiger partial charge in [-0.1, -0.05) is 27.2 Å². The molecule has 0 aromatic heterocycles. The first-order valence-corrected chi connectivity index (χ1v) is 13.2. The molecule has 1 amide bonds. The molecular formula is C23H34F3NO4S. The fourth-order valence-corrected chi connectivity index (χ4v) is 8.34. The number of likely N-dealkylation sites (tertiary alicyclic amines) is 1. The van der Waals surface area contributed by atoms with Gasteiger partial charge in [-0.2, -0.15) is 21.6 Å². The number of hydrogen-bond donors (Lipinski definition) is 0. The highest BCUT2D eigenvalue weighted by Crippen LogP contribution is 2.66. The summed E-state index contributed by atoms with van der Waals surface area (Å²) in [5.41, 5.74) is -5.42. The van der Waals surface area contributed by atoms with Crippen molar-refractivity contribution < 1.29 is 30.6 Å². The molecule has 1 heterocycles. The van der Waals surface area contributed by atoms with Crippen LogP contribution in [-0.4, -0.2) is 37.8 Å². The lowest BCUT2D eigenvalue weighted by Crippen LogP contribution is -2.61. The Morgan fingerprint density at radius 3 is 2.44 bits per heavy atom. The summed E-state index contributed by atoms with van der Waals surface area (Å²) in [5.74, 6) is 0.979. The maximum Gasteiger partial charge on any atom is 0.534 e. The van der Waals surface area contributed by atoms with Gasteiger partial charge in [0.2, 0.25) is 5.91 Å². The Labute approximate surface area is 188 Å². The van der Waals surface area contributed by atoms with Crippen LogP contribution in [0.5, 0.6) is 0 Å². The van der Waals surface area contributed by atoms with Crippen molar-refractivity contribution in [3.05, 3.63) is 11.3 Å². The highest BCUT2D eigenvalue weighted by molar-refractivity contribution is 7.87. The van der Waals surface area contributed by atoms with Crippen LogP contribution in [0, 0.1) is 28.6 Å². The zero-order valence-electron chi connectivity index (χ0n) is 19.3. The fourth-order valence-electron chi connectivity index (χ4n) is 7.72. The first-order chi connectivity index (χ1) is 14.8. The lowest BCUT2D eigenvalue weighted by Gasteiger charge is -2.61. The minimum absolute atomic E-state index is 0.0144. The van der Waals surface area contributed by atoms with Gasteiger partial charge in [0.05, 0.1) is 0 Å². The third-order valence-corrected chi connectivity index (χ3v) is 10.2. The molecule has 0 N–H and O–H groups in total. The van der Waals surface area contributed by atoms with Gasteiger partial charge in [-0.15, -0.1) is 0 Å². The molecule has 1 saturated heterocycles. The summed E-state index contributed by atoms with van der Waals surface area (Å²) < 4.78 is 68.3. The van der Waals surface area contributed by atoms with Crippen LogP contribution in [0.15, 0.2) is 11.3 Å². The van der Waals surface area contributed by atoms with Gasteiger partial charge in [-0.05, 0) is 73.7 Å². The largest absolute Gasteiger partial charge is 0.534 e. The maximum absolute atomic E-state index is 13.2. The van der Waals surface area contributed by atoms with Crippen molar-refractivity contribution in [2.24, 2.45) is 28.6 Å². The number of alkyl halides is 3. The average Bonchev–Trinajstić information content (AvgIpc) is 2.96. The number of piperidine rings is 1. The number of hydrogen-bond acceptors (Lipinski definition) is 4. The zero-order chi connectivity index (χ0) is 23.7. The second-order valence-electron chi connectivity index (χ2n) is 10.8. The van der Waals surface area contributed by atoms with Gasteiger partial charge in [0.15, 0.2) is 0 Å². The van der Waals surface area contributed by atoms with Gasteiger partial charge in [-0.3, -0.25) is 4.79 Å². The maximum atomic E-state index is 13.2. The number of fused-ring (bicyclic) bond motifs is 5. The third kappa shape index (κ3) is 3.40. The van der Waals surface area contributed by atoms with Crippen molar-refractivity contribution in [3.63, 3.8) is 0 Å². The van der Waals surface area contributed by atoms with Crippen molar-refractivity contribution in [2.45, 2.75) is 90.1 Å². The van der Waals surface area contributed by atoms with Crippen molar-refractivity contribution >= 4 is 16.0 Å². The number of halogens is 3. The highest BCUT2D eigenvalue weighted by Gasteiger charge is 2.62. The molecule has 3 fully saturated rings. The van der Waals surface area contributed by atoms with E-state index >= 15 is 0 Å². The van der Waals surface area contributed by atoms with Crippen LogP contribution in [0.1, 0.15) is 78.6 Å². The van der Waals surface area contributed by atoms with Crippen LogP contribution < -0.4 is 0 Å². The Balaban J connectivity index is 1.67. The van der Waals surface area contributed by atoms with Gasteiger partial charge in [0.1, 0.15) is 5.76 Å². The number of carbonyl (C=O) groups is 1. The van der Waals surface area contributed by atoms with Gasteiger partial charge in [-0.25, -0.2) is 0 Å². The van der Waals surface area contributed by atoms with Crippen molar-refractivity contribution in [2.75, 3.05) is 7.05 Å². The quantitative estimate of drug-likeness (QED) is 0.403. The Morgan fingerprint density at radius 2 is 1.81 bits per heavy atom. The van der Waals surface area contributed by atoms with Gasteiger partial charge in [0, 0.05) is 24.9 Å². The molecule has 0 spiro atoms. The first kappa shape index (κ1) is 23.9. The van der Waals surface area contributed by atoms with Crippen molar-refractivity contribution in [1.29, 1.82) is 0 Å². The summed E-state index contributed by atoms with van der Waals surface area (Å²) in [4.78, 5) is 14.2. The molecule has 4 rings (SSSR count). The topological polar surface area (TPSA) is 63.7 Å². The first-order valence-electron chi connectivity index (χ1n) is 11.7. The minimum atomic E-state index is -5.70. The van der Waals surface area contributed by atoms with E-state index in [9.17, 15) is 26.4 Å². The normalized spacial score (nSPS) is 40.1. The Morgan fingerprint density at radius 1 is 1.12 bits per heavy atom. The number of amides is 1. The third-order valence-electron chi connectivity index (χ3n) is 9.28. The standard InChI is InChI=1S/C23H34F3NO4S/c1-5-6-14-13-17-15-7-8-18-21(2,12-10-19(28)27(18)4)16(15)9-11-22(17,3)20(14)31-32(29,30)23(24,25)26/h15-18H,5-13H2,1-4H3/t15-,16+,17+,18-,21-,22+/m1/s1. The fraction of sp³-hybridized carbons (Fsp3) is 0.870. The summed E-state index contributed by atoms with van der Waals surface area (Å²) in [6, 6.07) is 0.195. The predicted molar refractivity (Wildman–Crippen MR) is 114 cm³/mol. The summed E-state index contributed by atoms with van der Waals surface area (Å²) in [6.45, 7) is 6.13. The van der Waals surface area contributed by atoms with E-state index < -0.39 is 21.0 Å². The van der Waals surface area contributed by atoms with Gasteiger partial charge < -0.3 is 9.08 Å². The predicted octanol–water partition coefficient (Wildman–Crippen LogP) is 5.38. The molecule has 32 heavy (non-hydrogen) atoms. The van der Waals surface area contributed by atoms with E-state index in [1.807, 2.05) is 25.8 Å². The lowest BCUT2D eigenvalue weighted by molar-refractivity contribution is -0.156. The molecule has 1 aliphatic heterocycles. The molecule has 5 nitrogen and oxygen atoms in total. The van der Waals surface area contributed by atoms with Crippen molar-refractivity contribution in [1.82, 2.24) is 4.90 Å². The van der Waals surface area contributed by atoms with E-state index in [0.29, 0.717) is 31.6 Å². The van der Waals surface area contributed by atoms with E-state index in [4.69, 9.17) is 4.18 Å². The van der Waals surface area contributed by atoms with Crippen LogP contribution in [0.2, 0.25) is 0 Å². The van der Waals surface area contributed by atoms with Crippen LogP contribution in [-0.2, 0) is 19.1 Å². The van der Waals surface area contributed by atoms with Crippen molar-refractivity contribution in [3.8, 4) is 0 Å². The minimum Gasteiger partial charge on any atom is -0.380 e. The molecule has 0 bridgehead atoms. The molecule has 6 atom stereocenters. The molecule has 0 aromatic rings. The van der Waals surface area contributed by atoms with Crippen LogP contribution in [0.3, 0.4) is 0 Å². The van der Waals surface area contributed by atoms with Gasteiger partial charge >= 0.3 is 15.6 Å².